The van der Waals surface area contributed by atoms with Gasteiger partial charge in [0, 0.05) is 36.8 Å². The highest BCUT2D eigenvalue weighted by Gasteiger charge is 2.06. The molecule has 0 radical (unpaired) electrons. The van der Waals surface area contributed by atoms with E-state index < -0.39 is 0 Å². The van der Waals surface area contributed by atoms with Gasteiger partial charge in [-0.25, -0.2) is 0 Å². The first-order valence-electron chi connectivity index (χ1n) is 6.84. The van der Waals surface area contributed by atoms with Crippen LogP contribution in [0.4, 0.5) is 0 Å². The summed E-state index contributed by atoms with van der Waals surface area (Å²) in [6.45, 7) is 9.41. The molecule has 2 aromatic rings. The van der Waals surface area contributed by atoms with Crippen LogP contribution in [0.15, 0.2) is 36.5 Å². The van der Waals surface area contributed by atoms with Crippen molar-refractivity contribution in [3.8, 4) is 0 Å². The van der Waals surface area contributed by atoms with Crippen LogP contribution >= 0.6 is 0 Å². The van der Waals surface area contributed by atoms with Crippen LogP contribution in [0.25, 0.3) is 10.9 Å². The average molecular weight is 257 g/mol. The number of hydrogen-bond acceptors (Lipinski definition) is 3. The first-order valence-corrected chi connectivity index (χ1v) is 6.84. The summed E-state index contributed by atoms with van der Waals surface area (Å²) in [7, 11) is 0. The topological polar surface area (TPSA) is 37.0 Å². The highest BCUT2D eigenvalue weighted by molar-refractivity contribution is 5.78. The second-order valence-corrected chi connectivity index (χ2v) is 5.88. The van der Waals surface area contributed by atoms with E-state index >= 15 is 0 Å². The Labute approximate surface area is 115 Å². The van der Waals surface area contributed by atoms with Crippen LogP contribution in [0.3, 0.4) is 0 Å². The van der Waals surface area contributed by atoms with Gasteiger partial charge in [-0.3, -0.25) is 4.98 Å². The molecule has 0 aliphatic carbocycles. The van der Waals surface area contributed by atoms with E-state index in [2.05, 4.69) is 60.7 Å². The van der Waals surface area contributed by atoms with E-state index in [0.29, 0.717) is 0 Å². The number of hydrogen-bond donors (Lipinski definition) is 2. The number of aromatic nitrogens is 1. The Balaban J connectivity index is 1.82. The molecule has 2 N–H and O–H groups in total. The zero-order valence-electron chi connectivity index (χ0n) is 12.0. The molecule has 0 aliphatic rings. The van der Waals surface area contributed by atoms with E-state index in [1.165, 1.54) is 10.9 Å². The predicted octanol–water partition coefficient (Wildman–Crippen LogP) is 2.71. The Kier molecular flexibility index (Phi) is 4.51. The molecule has 0 spiro atoms. The van der Waals surface area contributed by atoms with Gasteiger partial charge in [0.25, 0.3) is 0 Å². The molecule has 1 aromatic carbocycles. The van der Waals surface area contributed by atoms with Crippen LogP contribution < -0.4 is 10.6 Å². The zero-order valence-corrected chi connectivity index (χ0v) is 12.0. The molecule has 0 unspecified atom stereocenters. The van der Waals surface area contributed by atoms with Gasteiger partial charge in [0.2, 0.25) is 0 Å². The van der Waals surface area contributed by atoms with Gasteiger partial charge in [-0.2, -0.15) is 0 Å². The van der Waals surface area contributed by atoms with Crippen molar-refractivity contribution >= 4 is 10.9 Å². The molecule has 102 valence electrons. The van der Waals surface area contributed by atoms with E-state index in [4.69, 9.17) is 0 Å². The Bertz CT molecular complexity index is 529. The highest BCUT2D eigenvalue weighted by atomic mass is 15.0. The van der Waals surface area contributed by atoms with E-state index in [0.717, 1.165) is 25.2 Å². The van der Waals surface area contributed by atoms with E-state index in [1.807, 2.05) is 12.3 Å². The van der Waals surface area contributed by atoms with Gasteiger partial charge < -0.3 is 10.6 Å². The van der Waals surface area contributed by atoms with Gasteiger partial charge >= 0.3 is 0 Å². The molecule has 0 saturated carbocycles. The second kappa shape index (κ2) is 6.13. The normalized spacial score (nSPS) is 11.9. The molecule has 0 amide bonds. The summed E-state index contributed by atoms with van der Waals surface area (Å²) < 4.78 is 0. The van der Waals surface area contributed by atoms with Crippen molar-refractivity contribution in [1.29, 1.82) is 0 Å². The maximum absolute atomic E-state index is 4.33. The summed E-state index contributed by atoms with van der Waals surface area (Å²) in [5.41, 5.74) is 2.55. The van der Waals surface area contributed by atoms with Crippen LogP contribution in [0.1, 0.15) is 26.3 Å². The van der Waals surface area contributed by atoms with Crippen LogP contribution in [0.5, 0.6) is 0 Å². The summed E-state index contributed by atoms with van der Waals surface area (Å²) >= 11 is 0. The number of fused-ring (bicyclic) bond motifs is 1. The maximum atomic E-state index is 4.33. The molecule has 0 fully saturated rings. The molecule has 0 atom stereocenters. The molecule has 3 heteroatoms. The average Bonchev–Trinajstić information content (AvgIpc) is 2.37. The lowest BCUT2D eigenvalue weighted by Gasteiger charge is -2.20. The van der Waals surface area contributed by atoms with Crippen molar-refractivity contribution in [2.45, 2.75) is 32.9 Å². The standard InChI is InChI=1S/C16H23N3/c1-16(2,3)19-10-9-17-12-13-6-7-15-14(11-13)5-4-8-18-15/h4-8,11,17,19H,9-10,12H2,1-3H3. The van der Waals surface area contributed by atoms with Gasteiger partial charge in [0.1, 0.15) is 0 Å². The first-order chi connectivity index (χ1) is 9.04. The van der Waals surface area contributed by atoms with E-state index in [9.17, 15) is 0 Å². The summed E-state index contributed by atoms with van der Waals surface area (Å²) in [6.07, 6.45) is 1.83. The zero-order chi connectivity index (χ0) is 13.7. The third kappa shape index (κ3) is 4.62. The predicted molar refractivity (Wildman–Crippen MR) is 81.2 cm³/mol. The number of nitrogens with zero attached hydrogens (tertiary/aromatic N) is 1. The molecule has 1 heterocycles. The molecule has 0 saturated heterocycles. The Morgan fingerprint density at radius 2 is 1.95 bits per heavy atom. The molecule has 3 nitrogen and oxygen atoms in total. The summed E-state index contributed by atoms with van der Waals surface area (Å²) in [5.74, 6) is 0. The second-order valence-electron chi connectivity index (χ2n) is 5.88. The van der Waals surface area contributed by atoms with Crippen molar-refractivity contribution in [3.63, 3.8) is 0 Å². The third-order valence-electron chi connectivity index (χ3n) is 2.95. The van der Waals surface area contributed by atoms with Crippen molar-refractivity contribution in [1.82, 2.24) is 15.6 Å². The van der Waals surface area contributed by atoms with Crippen molar-refractivity contribution in [2.75, 3.05) is 13.1 Å². The summed E-state index contributed by atoms with van der Waals surface area (Å²) in [5, 5.41) is 8.12. The number of benzene rings is 1. The smallest absolute Gasteiger partial charge is 0.0702 e. The molecular formula is C16H23N3. The van der Waals surface area contributed by atoms with Crippen LogP contribution in [0.2, 0.25) is 0 Å². The number of nitrogens with one attached hydrogen (secondary N) is 2. The van der Waals surface area contributed by atoms with Crippen LogP contribution in [-0.4, -0.2) is 23.6 Å². The highest BCUT2D eigenvalue weighted by Crippen LogP contribution is 2.12. The SMILES string of the molecule is CC(C)(C)NCCNCc1ccc2ncccc2c1. The Morgan fingerprint density at radius 3 is 2.74 bits per heavy atom. The minimum Gasteiger partial charge on any atom is -0.311 e. The summed E-state index contributed by atoms with van der Waals surface area (Å²) in [6, 6.07) is 10.5. The number of rotatable bonds is 5. The van der Waals surface area contributed by atoms with Crippen molar-refractivity contribution in [3.05, 3.63) is 42.1 Å². The first kappa shape index (κ1) is 14.0. The van der Waals surface area contributed by atoms with E-state index in [-0.39, 0.29) is 5.54 Å². The van der Waals surface area contributed by atoms with Crippen LogP contribution in [0, 0.1) is 0 Å². The van der Waals surface area contributed by atoms with Gasteiger partial charge in [-0.05, 0) is 44.5 Å². The van der Waals surface area contributed by atoms with Gasteiger partial charge in [0.05, 0.1) is 5.52 Å². The maximum Gasteiger partial charge on any atom is 0.0702 e. The van der Waals surface area contributed by atoms with E-state index in [1.54, 1.807) is 0 Å². The van der Waals surface area contributed by atoms with Gasteiger partial charge in [-0.1, -0.05) is 12.1 Å². The Hall–Kier alpha value is -1.45. The van der Waals surface area contributed by atoms with Crippen LogP contribution in [-0.2, 0) is 6.54 Å². The molecule has 0 bridgehead atoms. The molecule has 2 rings (SSSR count). The molecule has 1 aromatic heterocycles. The minimum atomic E-state index is 0.191. The third-order valence-corrected chi connectivity index (χ3v) is 2.95. The summed E-state index contributed by atoms with van der Waals surface area (Å²) in [4.78, 5) is 4.33. The Morgan fingerprint density at radius 1 is 1.11 bits per heavy atom. The van der Waals surface area contributed by atoms with Crippen molar-refractivity contribution in [2.24, 2.45) is 0 Å². The quantitative estimate of drug-likeness (QED) is 0.809. The minimum absolute atomic E-state index is 0.191. The number of pyridine rings is 1. The lowest BCUT2D eigenvalue weighted by molar-refractivity contribution is 0.421. The molecule has 19 heavy (non-hydrogen) atoms. The fourth-order valence-corrected chi connectivity index (χ4v) is 1.99. The fourth-order valence-electron chi connectivity index (χ4n) is 1.99. The van der Waals surface area contributed by atoms with Gasteiger partial charge in [0.15, 0.2) is 0 Å². The fraction of sp³-hybridized carbons (Fsp3) is 0.438. The van der Waals surface area contributed by atoms with Crippen molar-refractivity contribution < 1.29 is 0 Å². The molecular weight excluding hydrogens is 234 g/mol. The largest absolute Gasteiger partial charge is 0.311 e. The van der Waals surface area contributed by atoms with Gasteiger partial charge in [-0.15, -0.1) is 0 Å². The molecule has 0 aliphatic heterocycles. The monoisotopic (exact) mass is 257 g/mol. The lowest BCUT2D eigenvalue weighted by atomic mass is 10.1. The lowest BCUT2D eigenvalue weighted by Crippen LogP contribution is -2.40.